The average Bonchev–Trinajstić information content (AvgIpc) is 2.38. The summed E-state index contributed by atoms with van der Waals surface area (Å²) in [6.07, 6.45) is 0.713. The maximum atomic E-state index is 12.2. The third-order valence-electron chi connectivity index (χ3n) is 3.99. The molecule has 1 aliphatic heterocycles. The first kappa shape index (κ1) is 18.3. The second-order valence-corrected chi connectivity index (χ2v) is 7.33. The van der Waals surface area contributed by atoms with Gasteiger partial charge >= 0.3 is 12.1 Å². The number of hydrogen-bond donors (Lipinski definition) is 2. The lowest BCUT2D eigenvalue weighted by molar-refractivity contribution is -0.121. The molecular formula is C15H27N3O4. The van der Waals surface area contributed by atoms with Crippen LogP contribution in [0.3, 0.4) is 0 Å². The Morgan fingerprint density at radius 2 is 1.86 bits per heavy atom. The third-order valence-corrected chi connectivity index (χ3v) is 3.99. The molecule has 0 spiro atoms. The highest BCUT2D eigenvalue weighted by Gasteiger charge is 2.51. The molecule has 1 heterocycles. The molecule has 0 bridgehead atoms. The number of aldehydes is 1. The standard InChI is InChI=1S/C15H27N3O4/c1-13(2,3)22-12(21)18-8-7-15(10-19,14(4,5)9-18)17-11(20)16-6/h10H,7-9H2,1-6H3,(H2,16,17,20). The zero-order valence-corrected chi connectivity index (χ0v) is 14.3. The van der Waals surface area contributed by atoms with Gasteiger partial charge in [0.2, 0.25) is 0 Å². The molecule has 2 N–H and O–H groups in total. The van der Waals surface area contributed by atoms with Crippen molar-refractivity contribution in [2.24, 2.45) is 5.41 Å². The summed E-state index contributed by atoms with van der Waals surface area (Å²) in [4.78, 5) is 37.1. The van der Waals surface area contributed by atoms with Crippen LogP contribution in [-0.2, 0) is 9.53 Å². The number of carbonyl (C=O) groups excluding carboxylic acids is 3. The van der Waals surface area contributed by atoms with Crippen molar-refractivity contribution in [3.8, 4) is 0 Å². The van der Waals surface area contributed by atoms with Crippen molar-refractivity contribution in [2.75, 3.05) is 20.1 Å². The van der Waals surface area contributed by atoms with Gasteiger partial charge < -0.3 is 25.1 Å². The van der Waals surface area contributed by atoms with Crippen molar-refractivity contribution >= 4 is 18.4 Å². The molecule has 0 aromatic carbocycles. The molecule has 7 nitrogen and oxygen atoms in total. The van der Waals surface area contributed by atoms with E-state index in [1.807, 2.05) is 34.6 Å². The third kappa shape index (κ3) is 3.90. The second-order valence-electron chi connectivity index (χ2n) is 7.33. The number of carbonyl (C=O) groups is 3. The van der Waals surface area contributed by atoms with Gasteiger partial charge in [0.25, 0.3) is 0 Å². The molecular weight excluding hydrogens is 286 g/mol. The van der Waals surface area contributed by atoms with Crippen LogP contribution in [0.2, 0.25) is 0 Å². The fourth-order valence-corrected chi connectivity index (χ4v) is 2.57. The van der Waals surface area contributed by atoms with Gasteiger partial charge in [-0.1, -0.05) is 13.8 Å². The molecule has 0 aromatic heterocycles. The summed E-state index contributed by atoms with van der Waals surface area (Å²) < 4.78 is 5.37. The SMILES string of the molecule is CNC(=O)NC1(C=O)CCN(C(=O)OC(C)(C)C)CC1(C)C. The molecule has 0 aromatic rings. The minimum Gasteiger partial charge on any atom is -0.444 e. The molecule has 3 amide bonds. The monoisotopic (exact) mass is 313 g/mol. The molecule has 7 heteroatoms. The van der Waals surface area contributed by atoms with Crippen LogP contribution in [0, 0.1) is 5.41 Å². The van der Waals surface area contributed by atoms with Crippen LogP contribution >= 0.6 is 0 Å². The predicted molar refractivity (Wildman–Crippen MR) is 82.6 cm³/mol. The number of likely N-dealkylation sites (tertiary alicyclic amines) is 1. The number of ether oxygens (including phenoxy) is 1. The van der Waals surface area contributed by atoms with Gasteiger partial charge in [-0.3, -0.25) is 0 Å². The largest absolute Gasteiger partial charge is 0.444 e. The van der Waals surface area contributed by atoms with Crippen LogP contribution in [-0.4, -0.2) is 54.6 Å². The first-order valence-electron chi connectivity index (χ1n) is 7.40. The van der Waals surface area contributed by atoms with Crippen LogP contribution in [0.1, 0.15) is 41.0 Å². The first-order valence-corrected chi connectivity index (χ1v) is 7.40. The lowest BCUT2D eigenvalue weighted by atomic mass is 9.68. The Bertz CT molecular complexity index is 456. The van der Waals surface area contributed by atoms with Crippen molar-refractivity contribution in [1.29, 1.82) is 0 Å². The van der Waals surface area contributed by atoms with E-state index in [0.717, 1.165) is 6.29 Å². The molecule has 0 saturated carbocycles. The smallest absolute Gasteiger partial charge is 0.410 e. The number of nitrogens with zero attached hydrogens (tertiary/aromatic N) is 1. The summed E-state index contributed by atoms with van der Waals surface area (Å²) in [7, 11) is 1.50. The van der Waals surface area contributed by atoms with E-state index in [0.29, 0.717) is 19.5 Å². The minimum absolute atomic E-state index is 0.324. The van der Waals surface area contributed by atoms with Crippen molar-refractivity contribution in [1.82, 2.24) is 15.5 Å². The van der Waals surface area contributed by atoms with Crippen molar-refractivity contribution < 1.29 is 19.1 Å². The van der Waals surface area contributed by atoms with Gasteiger partial charge in [-0.05, 0) is 27.2 Å². The maximum Gasteiger partial charge on any atom is 0.410 e. The molecule has 22 heavy (non-hydrogen) atoms. The van der Waals surface area contributed by atoms with Gasteiger partial charge in [-0.15, -0.1) is 0 Å². The highest BCUT2D eigenvalue weighted by atomic mass is 16.6. The maximum absolute atomic E-state index is 12.2. The zero-order valence-electron chi connectivity index (χ0n) is 14.3. The summed E-state index contributed by atoms with van der Waals surface area (Å²) in [6, 6.07) is -0.411. The molecule has 1 unspecified atom stereocenters. The van der Waals surface area contributed by atoms with Crippen LogP contribution < -0.4 is 10.6 Å². The van der Waals surface area contributed by atoms with E-state index >= 15 is 0 Å². The van der Waals surface area contributed by atoms with E-state index in [2.05, 4.69) is 10.6 Å². The van der Waals surface area contributed by atoms with Gasteiger partial charge in [-0.2, -0.15) is 0 Å². The Labute approximate surface area is 131 Å². The van der Waals surface area contributed by atoms with E-state index < -0.39 is 28.7 Å². The van der Waals surface area contributed by atoms with Crippen LogP contribution in [0.25, 0.3) is 0 Å². The minimum atomic E-state index is -1.01. The lowest BCUT2D eigenvalue weighted by Gasteiger charge is -2.50. The Kier molecular flexibility index (Phi) is 5.10. The van der Waals surface area contributed by atoms with Crippen molar-refractivity contribution in [2.45, 2.75) is 52.2 Å². The quantitative estimate of drug-likeness (QED) is 0.757. The highest BCUT2D eigenvalue weighted by molar-refractivity contribution is 5.81. The van der Waals surface area contributed by atoms with E-state index in [9.17, 15) is 14.4 Å². The Morgan fingerprint density at radius 3 is 2.27 bits per heavy atom. The summed E-state index contributed by atoms with van der Waals surface area (Å²) in [5.74, 6) is 0. The molecule has 1 fully saturated rings. The zero-order chi connectivity index (χ0) is 17.2. The normalized spacial score (nSPS) is 24.4. The van der Waals surface area contributed by atoms with E-state index in [-0.39, 0.29) is 0 Å². The molecule has 0 radical (unpaired) electrons. The van der Waals surface area contributed by atoms with Gasteiger partial charge in [0, 0.05) is 25.6 Å². The van der Waals surface area contributed by atoms with Crippen LogP contribution in [0.5, 0.6) is 0 Å². The molecule has 126 valence electrons. The van der Waals surface area contributed by atoms with Gasteiger partial charge in [0.05, 0.1) is 0 Å². The topological polar surface area (TPSA) is 87.7 Å². The van der Waals surface area contributed by atoms with E-state index in [1.54, 1.807) is 4.90 Å². The van der Waals surface area contributed by atoms with E-state index in [4.69, 9.17) is 4.74 Å². The number of urea groups is 1. The Balaban J connectivity index is 2.90. The average molecular weight is 313 g/mol. The molecule has 1 rings (SSSR count). The highest BCUT2D eigenvalue weighted by Crippen LogP contribution is 2.37. The van der Waals surface area contributed by atoms with Crippen LogP contribution in [0.4, 0.5) is 9.59 Å². The number of amides is 3. The van der Waals surface area contributed by atoms with Crippen LogP contribution in [0.15, 0.2) is 0 Å². The molecule has 1 saturated heterocycles. The van der Waals surface area contributed by atoms with Gasteiger partial charge in [-0.25, -0.2) is 9.59 Å². The summed E-state index contributed by atoms with van der Waals surface area (Å²) in [5, 5.41) is 5.19. The Hall–Kier alpha value is -1.79. The number of rotatable bonds is 2. The number of hydrogen-bond acceptors (Lipinski definition) is 4. The van der Waals surface area contributed by atoms with Crippen molar-refractivity contribution in [3.63, 3.8) is 0 Å². The molecule has 1 atom stereocenters. The van der Waals surface area contributed by atoms with Crippen molar-refractivity contribution in [3.05, 3.63) is 0 Å². The predicted octanol–water partition coefficient (Wildman–Crippen LogP) is 1.52. The fourth-order valence-electron chi connectivity index (χ4n) is 2.57. The van der Waals surface area contributed by atoms with E-state index in [1.165, 1.54) is 7.05 Å². The first-order chi connectivity index (χ1) is 9.96. The second kappa shape index (κ2) is 6.14. The fraction of sp³-hybridized carbons (Fsp3) is 0.800. The molecule has 0 aliphatic carbocycles. The summed E-state index contributed by atoms with van der Waals surface area (Å²) in [5.41, 5.74) is -2.19. The summed E-state index contributed by atoms with van der Waals surface area (Å²) in [6.45, 7) is 9.81. The van der Waals surface area contributed by atoms with Gasteiger partial charge in [0.1, 0.15) is 17.4 Å². The Morgan fingerprint density at radius 1 is 1.27 bits per heavy atom. The number of nitrogens with one attached hydrogen (secondary N) is 2. The molecule has 1 aliphatic rings. The van der Waals surface area contributed by atoms with Gasteiger partial charge in [0.15, 0.2) is 0 Å². The number of piperidine rings is 1. The lowest BCUT2D eigenvalue weighted by Crippen LogP contribution is -2.68. The summed E-state index contributed by atoms with van der Waals surface area (Å²) >= 11 is 0.